The van der Waals surface area contributed by atoms with Gasteiger partial charge in [-0.2, -0.15) is 0 Å². The summed E-state index contributed by atoms with van der Waals surface area (Å²) in [5, 5.41) is 0. The van der Waals surface area contributed by atoms with Gasteiger partial charge in [-0.25, -0.2) is 4.58 Å². The molecule has 2 N–H and O–H groups in total. The zero-order chi connectivity index (χ0) is 17.7. The highest BCUT2D eigenvalue weighted by atomic mass is 15.1. The lowest BCUT2D eigenvalue weighted by atomic mass is 9.80. The second kappa shape index (κ2) is 5.47. The molecule has 2 aromatic carbocycles. The number of fused-ring (bicyclic) bond motifs is 1. The van der Waals surface area contributed by atoms with Gasteiger partial charge in [0.2, 0.25) is 0 Å². The number of hydrogen-bond donors (Lipinski definition) is 1. The molecule has 1 heterocycles. The van der Waals surface area contributed by atoms with Crippen LogP contribution in [0.4, 0.5) is 5.69 Å². The molecule has 0 saturated heterocycles. The van der Waals surface area contributed by atoms with E-state index in [0.717, 1.165) is 17.9 Å². The van der Waals surface area contributed by atoms with Gasteiger partial charge in [0.25, 0.3) is 5.84 Å². The third kappa shape index (κ3) is 2.98. The molecule has 0 bridgehead atoms. The summed E-state index contributed by atoms with van der Waals surface area (Å²) in [4.78, 5) is 0. The first-order chi connectivity index (χ1) is 11.1. The molecule has 2 aromatic rings. The number of benzene rings is 2. The fourth-order valence-electron chi connectivity index (χ4n) is 3.17. The van der Waals surface area contributed by atoms with Crippen LogP contribution in [-0.2, 0) is 17.4 Å². The standard InChI is InChI=1S/C22H28N2/c1-21(2,3)16-11-17(22(4,5)6)13-18(12-16)24-14-15-9-7-8-10-19(15)20(24)23/h7-13,23H,14H2,1-6H3/p+1. The summed E-state index contributed by atoms with van der Waals surface area (Å²) >= 11 is 0. The molecule has 126 valence electrons. The lowest BCUT2D eigenvalue weighted by molar-refractivity contribution is -0.453. The van der Waals surface area contributed by atoms with Crippen LogP contribution in [0, 0.1) is 0 Å². The van der Waals surface area contributed by atoms with Crippen molar-refractivity contribution in [2.75, 3.05) is 0 Å². The van der Waals surface area contributed by atoms with Gasteiger partial charge >= 0.3 is 0 Å². The molecule has 0 unspecified atom stereocenters. The Bertz CT molecular complexity index is 782. The maximum Gasteiger partial charge on any atom is 0.280 e. The molecule has 3 rings (SSSR count). The summed E-state index contributed by atoms with van der Waals surface area (Å²) in [6, 6.07) is 15.4. The van der Waals surface area contributed by atoms with E-state index in [1.54, 1.807) is 0 Å². The van der Waals surface area contributed by atoms with Crippen molar-refractivity contribution < 1.29 is 4.58 Å². The molecule has 2 heteroatoms. The molecule has 0 radical (unpaired) electrons. The Balaban J connectivity index is 2.17. The maximum absolute atomic E-state index is 6.48. The minimum atomic E-state index is 0.108. The summed E-state index contributed by atoms with van der Waals surface area (Å²) in [6.07, 6.45) is 0. The third-order valence-electron chi connectivity index (χ3n) is 4.87. The predicted molar refractivity (Wildman–Crippen MR) is 102 cm³/mol. The van der Waals surface area contributed by atoms with E-state index < -0.39 is 0 Å². The van der Waals surface area contributed by atoms with Crippen LogP contribution in [-0.4, -0.2) is 10.4 Å². The van der Waals surface area contributed by atoms with Crippen molar-refractivity contribution in [1.82, 2.24) is 0 Å². The molecule has 0 amide bonds. The molecule has 0 fully saturated rings. The highest BCUT2D eigenvalue weighted by Crippen LogP contribution is 2.34. The summed E-state index contributed by atoms with van der Waals surface area (Å²) < 4.78 is 2.25. The summed E-state index contributed by atoms with van der Waals surface area (Å²) in [5.41, 5.74) is 13.1. The number of nitrogens with two attached hydrogens (primary N) is 1. The van der Waals surface area contributed by atoms with Gasteiger partial charge in [-0.3, -0.25) is 5.73 Å². The van der Waals surface area contributed by atoms with E-state index in [9.17, 15) is 0 Å². The van der Waals surface area contributed by atoms with Crippen molar-refractivity contribution in [3.63, 3.8) is 0 Å². The molecule has 0 aliphatic carbocycles. The highest BCUT2D eigenvalue weighted by molar-refractivity contribution is 5.97. The molecule has 0 spiro atoms. The highest BCUT2D eigenvalue weighted by Gasteiger charge is 2.28. The predicted octanol–water partition coefficient (Wildman–Crippen LogP) is 4.84. The van der Waals surface area contributed by atoms with Crippen LogP contribution in [0.15, 0.2) is 42.5 Å². The van der Waals surface area contributed by atoms with Crippen molar-refractivity contribution in [1.29, 1.82) is 0 Å². The van der Waals surface area contributed by atoms with E-state index in [-0.39, 0.29) is 10.8 Å². The average Bonchev–Trinajstić information content (AvgIpc) is 2.83. The van der Waals surface area contributed by atoms with Gasteiger partial charge in [0.05, 0.1) is 5.56 Å². The van der Waals surface area contributed by atoms with Crippen molar-refractivity contribution in [3.05, 3.63) is 64.7 Å². The number of rotatable bonds is 1. The topological polar surface area (TPSA) is 29.0 Å². The van der Waals surface area contributed by atoms with Crippen LogP contribution in [0.25, 0.3) is 0 Å². The molecular formula is C22H29N2+. The third-order valence-corrected chi connectivity index (χ3v) is 4.87. The van der Waals surface area contributed by atoms with Gasteiger partial charge in [-0.1, -0.05) is 65.8 Å². The van der Waals surface area contributed by atoms with Crippen LogP contribution >= 0.6 is 0 Å². The number of nitrogens with zero attached hydrogens (tertiary/aromatic N) is 1. The Kier molecular flexibility index (Phi) is 3.82. The Morgan fingerprint density at radius 2 is 1.38 bits per heavy atom. The van der Waals surface area contributed by atoms with Crippen LogP contribution < -0.4 is 5.73 Å². The van der Waals surface area contributed by atoms with Crippen molar-refractivity contribution >= 4 is 11.5 Å². The largest absolute Gasteiger partial charge is 0.286 e. The van der Waals surface area contributed by atoms with Crippen molar-refractivity contribution in [2.45, 2.75) is 58.9 Å². The van der Waals surface area contributed by atoms with Crippen molar-refractivity contribution in [2.24, 2.45) is 5.73 Å². The second-order valence-corrected chi connectivity index (χ2v) is 8.90. The smallest absolute Gasteiger partial charge is 0.280 e. The minimum absolute atomic E-state index is 0.108. The van der Waals surface area contributed by atoms with E-state index in [2.05, 4.69) is 88.6 Å². The molecule has 0 atom stereocenters. The van der Waals surface area contributed by atoms with E-state index in [1.165, 1.54) is 22.4 Å². The molecule has 1 aliphatic heterocycles. The Morgan fingerprint density at radius 1 is 0.833 bits per heavy atom. The normalized spacial score (nSPS) is 14.9. The van der Waals surface area contributed by atoms with Crippen molar-refractivity contribution in [3.8, 4) is 0 Å². The van der Waals surface area contributed by atoms with E-state index in [0.29, 0.717) is 0 Å². The maximum atomic E-state index is 6.48. The first-order valence-corrected chi connectivity index (χ1v) is 8.72. The van der Waals surface area contributed by atoms with E-state index in [1.807, 2.05) is 0 Å². The number of amidine groups is 1. The SMILES string of the molecule is CC(C)(C)c1cc([N+]2=C(N)c3ccccc3C2)cc(C(C)(C)C)c1. The molecule has 24 heavy (non-hydrogen) atoms. The molecule has 0 saturated carbocycles. The van der Waals surface area contributed by atoms with Gasteiger partial charge in [-0.15, -0.1) is 0 Å². The lowest BCUT2D eigenvalue weighted by Crippen LogP contribution is -2.22. The van der Waals surface area contributed by atoms with Gasteiger partial charge in [0.15, 0.2) is 0 Å². The van der Waals surface area contributed by atoms with E-state index in [4.69, 9.17) is 5.73 Å². The first-order valence-electron chi connectivity index (χ1n) is 8.72. The summed E-state index contributed by atoms with van der Waals surface area (Å²) in [6.45, 7) is 14.5. The quantitative estimate of drug-likeness (QED) is 0.748. The van der Waals surface area contributed by atoms with Gasteiger partial charge in [0.1, 0.15) is 12.2 Å². The monoisotopic (exact) mass is 321 g/mol. The first kappa shape index (κ1) is 16.8. The van der Waals surface area contributed by atoms with Crippen LogP contribution in [0.1, 0.15) is 63.8 Å². The molecule has 0 aromatic heterocycles. The van der Waals surface area contributed by atoms with E-state index >= 15 is 0 Å². The Hall–Kier alpha value is -2.09. The molecule has 1 aliphatic rings. The summed E-state index contributed by atoms with van der Waals surface area (Å²) in [5.74, 6) is 0.858. The van der Waals surface area contributed by atoms with Gasteiger partial charge < -0.3 is 0 Å². The van der Waals surface area contributed by atoms with Gasteiger partial charge in [-0.05, 0) is 40.2 Å². The Morgan fingerprint density at radius 3 is 1.88 bits per heavy atom. The lowest BCUT2D eigenvalue weighted by Gasteiger charge is -2.25. The number of hydrogen-bond acceptors (Lipinski definition) is 1. The van der Waals surface area contributed by atoms with Gasteiger partial charge in [0, 0.05) is 5.56 Å². The Labute approximate surface area is 146 Å². The minimum Gasteiger partial charge on any atom is -0.286 e. The van der Waals surface area contributed by atoms with Crippen LogP contribution in [0.3, 0.4) is 0 Å². The average molecular weight is 321 g/mol. The second-order valence-electron chi connectivity index (χ2n) is 8.90. The molecule has 2 nitrogen and oxygen atoms in total. The fraction of sp³-hybridized carbons (Fsp3) is 0.409. The molecular weight excluding hydrogens is 292 g/mol. The van der Waals surface area contributed by atoms with Crippen LogP contribution in [0.5, 0.6) is 0 Å². The fourth-order valence-corrected chi connectivity index (χ4v) is 3.17. The zero-order valence-electron chi connectivity index (χ0n) is 15.8. The zero-order valence-corrected chi connectivity index (χ0v) is 15.8. The van der Waals surface area contributed by atoms with Crippen LogP contribution in [0.2, 0.25) is 0 Å². The summed E-state index contributed by atoms with van der Waals surface area (Å²) in [7, 11) is 0.